The zero-order valence-electron chi connectivity index (χ0n) is 15.2. The van der Waals surface area contributed by atoms with Crippen LogP contribution in [0.5, 0.6) is 17.5 Å². The molecule has 8 heteroatoms. The highest BCUT2D eigenvalue weighted by Gasteiger charge is 2.18. The van der Waals surface area contributed by atoms with Crippen molar-refractivity contribution < 1.29 is 24.1 Å². The van der Waals surface area contributed by atoms with Gasteiger partial charge in [0.15, 0.2) is 5.82 Å². The Hall–Kier alpha value is -3.32. The summed E-state index contributed by atoms with van der Waals surface area (Å²) < 4.78 is 15.9. The smallest absolute Gasteiger partial charge is 0.340 e. The van der Waals surface area contributed by atoms with Crippen molar-refractivity contribution in [2.75, 3.05) is 14.2 Å². The monoisotopic (exact) mass is 400 g/mol. The maximum absolute atomic E-state index is 11.9. The number of rotatable bonds is 7. The second kappa shape index (κ2) is 8.58. The van der Waals surface area contributed by atoms with Gasteiger partial charge >= 0.3 is 5.97 Å². The highest BCUT2D eigenvalue weighted by Crippen LogP contribution is 2.32. The topological polar surface area (TPSA) is 90.8 Å². The van der Waals surface area contributed by atoms with Crippen molar-refractivity contribution >= 4 is 17.6 Å². The van der Waals surface area contributed by atoms with E-state index in [-0.39, 0.29) is 17.9 Å². The number of methoxy groups -OCH3 is 2. The number of hydrogen-bond acceptors (Lipinski definition) is 6. The largest absolute Gasteiger partial charge is 0.485 e. The molecule has 0 spiro atoms. The second-order valence-electron chi connectivity index (χ2n) is 5.65. The fourth-order valence-electron chi connectivity index (χ4n) is 2.61. The number of benzene rings is 2. The summed E-state index contributed by atoms with van der Waals surface area (Å²) in [7, 11) is 2.95. The van der Waals surface area contributed by atoms with E-state index in [1.165, 1.54) is 20.3 Å². The molecular weight excluding hydrogens is 384 g/mol. The van der Waals surface area contributed by atoms with E-state index in [0.717, 1.165) is 0 Å². The van der Waals surface area contributed by atoms with E-state index < -0.39 is 5.97 Å². The van der Waals surface area contributed by atoms with Crippen molar-refractivity contribution in [2.45, 2.75) is 6.61 Å². The predicted molar refractivity (Wildman–Crippen MR) is 103 cm³/mol. The molecule has 0 aliphatic heterocycles. The quantitative estimate of drug-likeness (QED) is 0.638. The van der Waals surface area contributed by atoms with E-state index >= 15 is 0 Å². The Labute approximate surface area is 166 Å². The minimum absolute atomic E-state index is 0.0414. The molecule has 0 aliphatic carbocycles. The Bertz CT molecular complexity index is 970. The normalized spacial score (nSPS) is 10.4. The van der Waals surface area contributed by atoms with Gasteiger partial charge in [-0.3, -0.25) is 0 Å². The van der Waals surface area contributed by atoms with Crippen LogP contribution < -0.4 is 14.2 Å². The van der Waals surface area contributed by atoms with Gasteiger partial charge in [-0.05, 0) is 29.3 Å². The van der Waals surface area contributed by atoms with E-state index in [9.17, 15) is 9.90 Å². The van der Waals surface area contributed by atoms with Crippen LogP contribution in [0, 0.1) is 0 Å². The third kappa shape index (κ3) is 4.32. The lowest BCUT2D eigenvalue weighted by molar-refractivity contribution is 0.0692. The molecule has 0 fully saturated rings. The third-order valence-electron chi connectivity index (χ3n) is 3.90. The molecule has 2 aromatic carbocycles. The van der Waals surface area contributed by atoms with Gasteiger partial charge in [-0.2, -0.15) is 9.97 Å². The lowest BCUT2D eigenvalue weighted by Crippen LogP contribution is -2.08. The fraction of sp³-hybridized carbons (Fsp3) is 0.150. The van der Waals surface area contributed by atoms with Gasteiger partial charge in [-0.15, -0.1) is 0 Å². The summed E-state index contributed by atoms with van der Waals surface area (Å²) in [5.41, 5.74) is 1.28. The molecular formula is C20H17ClN2O5. The average molecular weight is 401 g/mol. The third-order valence-corrected chi connectivity index (χ3v) is 4.15. The highest BCUT2D eigenvalue weighted by molar-refractivity contribution is 6.30. The zero-order chi connectivity index (χ0) is 20.1. The summed E-state index contributed by atoms with van der Waals surface area (Å²) in [5.74, 6) is 0.0251. The van der Waals surface area contributed by atoms with Gasteiger partial charge in [-0.1, -0.05) is 35.9 Å². The minimum atomic E-state index is -1.11. The molecule has 0 unspecified atom stereocenters. The van der Waals surface area contributed by atoms with Crippen molar-refractivity contribution in [3.8, 4) is 28.6 Å². The van der Waals surface area contributed by atoms with Crippen molar-refractivity contribution in [2.24, 2.45) is 0 Å². The van der Waals surface area contributed by atoms with E-state index in [1.54, 1.807) is 42.5 Å². The molecule has 3 rings (SSSR count). The molecule has 1 heterocycles. The van der Waals surface area contributed by atoms with Gasteiger partial charge in [0.1, 0.15) is 17.9 Å². The predicted octanol–water partition coefficient (Wildman–Crippen LogP) is 4.09. The molecule has 0 atom stereocenters. The first-order valence-corrected chi connectivity index (χ1v) is 8.60. The number of carbonyl (C=O) groups is 1. The van der Waals surface area contributed by atoms with Crippen LogP contribution in [0.1, 0.15) is 16.2 Å². The molecule has 0 radical (unpaired) electrons. The molecule has 1 aromatic heterocycles. The van der Waals surface area contributed by atoms with Gasteiger partial charge in [0, 0.05) is 5.02 Å². The first-order valence-electron chi connectivity index (χ1n) is 8.22. The van der Waals surface area contributed by atoms with Crippen LogP contribution in [-0.4, -0.2) is 35.3 Å². The number of aromatic carboxylic acids is 1. The van der Waals surface area contributed by atoms with Gasteiger partial charge in [0.2, 0.25) is 11.8 Å². The van der Waals surface area contributed by atoms with Crippen molar-refractivity contribution in [3.05, 3.63) is 64.9 Å². The number of hydrogen-bond donors (Lipinski definition) is 1. The highest BCUT2D eigenvalue weighted by atomic mass is 35.5. The minimum Gasteiger partial charge on any atom is -0.485 e. The van der Waals surface area contributed by atoms with E-state index in [4.69, 9.17) is 25.8 Å². The van der Waals surface area contributed by atoms with Crippen LogP contribution in [0.4, 0.5) is 0 Å². The second-order valence-corrected chi connectivity index (χ2v) is 6.08. The summed E-state index contributed by atoms with van der Waals surface area (Å²) in [6.45, 7) is -0.0576. The summed E-state index contributed by atoms with van der Waals surface area (Å²) in [4.78, 5) is 20.3. The number of ether oxygens (including phenoxy) is 3. The molecule has 0 aliphatic rings. The van der Waals surface area contributed by atoms with Gasteiger partial charge in [0.05, 0.1) is 20.3 Å². The van der Waals surface area contributed by atoms with Crippen molar-refractivity contribution in [1.29, 1.82) is 0 Å². The molecule has 7 nitrogen and oxygen atoms in total. The Morgan fingerprint density at radius 3 is 2.25 bits per heavy atom. The maximum Gasteiger partial charge on any atom is 0.340 e. The van der Waals surface area contributed by atoms with Gasteiger partial charge < -0.3 is 19.3 Å². The number of carboxylic acids is 1. The molecule has 1 N–H and O–H groups in total. The SMILES string of the molecule is COc1cc(OC)nc(COc2cccc(-c3ccc(Cl)cc3)c2C(=O)O)n1. The van der Waals surface area contributed by atoms with Gasteiger partial charge in [0.25, 0.3) is 0 Å². The van der Waals surface area contributed by atoms with Crippen molar-refractivity contribution in [1.82, 2.24) is 9.97 Å². The van der Waals surface area contributed by atoms with Gasteiger partial charge in [-0.25, -0.2) is 4.79 Å². The molecule has 0 saturated heterocycles. The summed E-state index contributed by atoms with van der Waals surface area (Å²) in [6, 6.07) is 13.5. The Morgan fingerprint density at radius 1 is 1.04 bits per heavy atom. The zero-order valence-corrected chi connectivity index (χ0v) is 15.9. The first kappa shape index (κ1) is 19.4. The van der Waals surface area contributed by atoms with Crippen LogP contribution >= 0.6 is 11.6 Å². The molecule has 0 saturated carbocycles. The summed E-state index contributed by atoms with van der Waals surface area (Å²) >= 11 is 5.92. The number of halogens is 1. The van der Waals surface area contributed by atoms with Crippen LogP contribution in [0.25, 0.3) is 11.1 Å². The molecule has 0 amide bonds. The maximum atomic E-state index is 11.9. The molecule has 3 aromatic rings. The number of carboxylic acid groups (broad SMARTS) is 1. The lowest BCUT2D eigenvalue weighted by atomic mass is 9.99. The van der Waals surface area contributed by atoms with Crippen LogP contribution in [0.15, 0.2) is 48.5 Å². The standard InChI is InChI=1S/C20H17ClN2O5/c1-26-17-10-18(27-2)23-16(22-17)11-28-15-5-3-4-14(19(15)20(24)25)12-6-8-13(21)9-7-12/h3-10H,11H2,1-2H3,(H,24,25). The van der Waals surface area contributed by atoms with E-state index in [0.29, 0.717) is 33.7 Å². The first-order chi connectivity index (χ1) is 13.5. The Balaban J connectivity index is 1.93. The average Bonchev–Trinajstić information content (AvgIpc) is 2.72. The van der Waals surface area contributed by atoms with Crippen LogP contribution in [0.3, 0.4) is 0 Å². The summed E-state index contributed by atoms with van der Waals surface area (Å²) in [5, 5.41) is 10.3. The van der Waals surface area contributed by atoms with E-state index in [2.05, 4.69) is 9.97 Å². The Morgan fingerprint density at radius 2 is 1.68 bits per heavy atom. The molecule has 0 bridgehead atoms. The molecule has 28 heavy (non-hydrogen) atoms. The molecule has 144 valence electrons. The van der Waals surface area contributed by atoms with Crippen LogP contribution in [-0.2, 0) is 6.61 Å². The van der Waals surface area contributed by atoms with Crippen LogP contribution in [0.2, 0.25) is 5.02 Å². The number of aromatic nitrogens is 2. The summed E-state index contributed by atoms with van der Waals surface area (Å²) in [6.07, 6.45) is 0. The Kier molecular flexibility index (Phi) is 5.96. The van der Waals surface area contributed by atoms with E-state index in [1.807, 2.05) is 0 Å². The number of nitrogens with zero attached hydrogens (tertiary/aromatic N) is 2. The fourth-order valence-corrected chi connectivity index (χ4v) is 2.73. The lowest BCUT2D eigenvalue weighted by Gasteiger charge is -2.13. The van der Waals surface area contributed by atoms with Crippen molar-refractivity contribution in [3.63, 3.8) is 0 Å².